The highest BCUT2D eigenvalue weighted by molar-refractivity contribution is 7.92. The van der Waals surface area contributed by atoms with Crippen molar-refractivity contribution in [3.8, 4) is 0 Å². The zero-order valence-electron chi connectivity index (χ0n) is 10.5. The summed E-state index contributed by atoms with van der Waals surface area (Å²) < 4.78 is 28.4. The second kappa shape index (κ2) is 4.81. The molecule has 100 valence electrons. The van der Waals surface area contributed by atoms with Crippen LogP contribution in [0.1, 0.15) is 20.8 Å². The summed E-state index contributed by atoms with van der Waals surface area (Å²) in [5, 5.41) is -0.677. The molecule has 0 aromatic rings. The lowest BCUT2D eigenvalue weighted by molar-refractivity contribution is 0.0255. The third kappa shape index (κ3) is 3.85. The summed E-state index contributed by atoms with van der Waals surface area (Å²) in [6, 6.07) is 0. The van der Waals surface area contributed by atoms with Crippen molar-refractivity contribution in [2.45, 2.75) is 31.6 Å². The van der Waals surface area contributed by atoms with Crippen LogP contribution in [-0.2, 0) is 14.6 Å². The number of ether oxygens (including phenoxy) is 1. The Morgan fingerprint density at radius 1 is 1.47 bits per heavy atom. The molecule has 0 bridgehead atoms. The Labute approximate surface area is 102 Å². The van der Waals surface area contributed by atoms with E-state index < -0.39 is 26.8 Å². The first-order valence-electron chi connectivity index (χ1n) is 5.55. The Hall–Kier alpha value is -0.820. The van der Waals surface area contributed by atoms with Gasteiger partial charge < -0.3 is 15.4 Å². The van der Waals surface area contributed by atoms with Crippen LogP contribution in [0.5, 0.6) is 0 Å². The van der Waals surface area contributed by atoms with Crippen LogP contribution in [0.15, 0.2) is 0 Å². The molecular weight excluding hydrogens is 244 g/mol. The average molecular weight is 264 g/mol. The Kier molecular flexibility index (Phi) is 4.03. The van der Waals surface area contributed by atoms with Gasteiger partial charge in [-0.3, -0.25) is 0 Å². The van der Waals surface area contributed by atoms with Crippen molar-refractivity contribution >= 4 is 15.9 Å². The molecule has 1 fully saturated rings. The molecule has 7 heteroatoms. The second-order valence-corrected chi connectivity index (χ2v) is 7.55. The topological polar surface area (TPSA) is 89.7 Å². The molecule has 0 saturated carbocycles. The van der Waals surface area contributed by atoms with E-state index in [0.29, 0.717) is 0 Å². The highest BCUT2D eigenvalue weighted by atomic mass is 32.2. The summed E-state index contributed by atoms with van der Waals surface area (Å²) in [4.78, 5) is 13.2. The summed E-state index contributed by atoms with van der Waals surface area (Å²) in [5.41, 5.74) is 4.83. The Bertz CT molecular complexity index is 386. The van der Waals surface area contributed by atoms with Crippen molar-refractivity contribution < 1.29 is 17.9 Å². The number of amides is 1. The van der Waals surface area contributed by atoms with Crippen molar-refractivity contribution in [3.05, 3.63) is 0 Å². The van der Waals surface area contributed by atoms with Crippen molar-refractivity contribution in [3.63, 3.8) is 0 Å². The van der Waals surface area contributed by atoms with Gasteiger partial charge in [-0.25, -0.2) is 13.2 Å². The minimum Gasteiger partial charge on any atom is -0.444 e. The predicted molar refractivity (Wildman–Crippen MR) is 64.4 cm³/mol. The lowest BCUT2D eigenvalue weighted by Gasteiger charge is -2.33. The number of nitrogens with zero attached hydrogens (tertiary/aromatic N) is 1. The number of nitrogens with two attached hydrogens (primary N) is 1. The summed E-state index contributed by atoms with van der Waals surface area (Å²) in [7, 11) is -3.16. The first kappa shape index (κ1) is 14.2. The molecule has 0 radical (unpaired) electrons. The van der Waals surface area contributed by atoms with Crippen LogP contribution in [-0.4, -0.2) is 55.6 Å². The fourth-order valence-corrected chi connectivity index (χ4v) is 3.08. The van der Waals surface area contributed by atoms with Gasteiger partial charge >= 0.3 is 6.09 Å². The summed E-state index contributed by atoms with van der Waals surface area (Å²) in [6.45, 7) is 5.63. The van der Waals surface area contributed by atoms with Gasteiger partial charge in [0.05, 0.1) is 11.0 Å². The maximum atomic E-state index is 11.8. The van der Waals surface area contributed by atoms with Crippen molar-refractivity contribution in [2.75, 3.05) is 25.4 Å². The Morgan fingerprint density at radius 2 is 2.06 bits per heavy atom. The lowest BCUT2D eigenvalue weighted by Crippen LogP contribution is -2.52. The quantitative estimate of drug-likeness (QED) is 0.719. The van der Waals surface area contributed by atoms with Gasteiger partial charge in [0, 0.05) is 19.6 Å². The fraction of sp³-hybridized carbons (Fsp3) is 0.900. The van der Waals surface area contributed by atoms with Crippen LogP contribution in [0.4, 0.5) is 4.79 Å². The van der Waals surface area contributed by atoms with Gasteiger partial charge in [0.2, 0.25) is 0 Å². The van der Waals surface area contributed by atoms with Gasteiger partial charge in [-0.2, -0.15) is 0 Å². The molecule has 1 aliphatic heterocycles. The molecule has 0 aromatic heterocycles. The van der Waals surface area contributed by atoms with Crippen LogP contribution >= 0.6 is 0 Å². The van der Waals surface area contributed by atoms with Gasteiger partial charge in [-0.05, 0) is 20.8 Å². The maximum Gasteiger partial charge on any atom is 0.410 e. The smallest absolute Gasteiger partial charge is 0.410 e. The molecule has 1 rings (SSSR count). The van der Waals surface area contributed by atoms with Crippen molar-refractivity contribution in [1.82, 2.24) is 4.90 Å². The molecule has 1 heterocycles. The highest BCUT2D eigenvalue weighted by Gasteiger charge is 2.35. The van der Waals surface area contributed by atoms with Gasteiger partial charge in [0.15, 0.2) is 9.84 Å². The maximum absolute atomic E-state index is 11.8. The van der Waals surface area contributed by atoms with E-state index in [-0.39, 0.29) is 25.4 Å². The van der Waals surface area contributed by atoms with Gasteiger partial charge in [-0.1, -0.05) is 0 Å². The summed E-state index contributed by atoms with van der Waals surface area (Å²) in [5.74, 6) is -0.0475. The van der Waals surface area contributed by atoms with Gasteiger partial charge in [0.1, 0.15) is 5.60 Å². The summed E-state index contributed by atoms with van der Waals surface area (Å²) in [6.07, 6.45) is -0.481. The zero-order chi connectivity index (χ0) is 13.3. The SMILES string of the molecule is CC(C)(C)OC(=O)N1CCS(=O)(=O)C(CN)C1. The normalized spacial score (nSPS) is 24.5. The van der Waals surface area contributed by atoms with E-state index in [1.807, 2.05) is 0 Å². The molecule has 0 spiro atoms. The molecular formula is C10H20N2O4S. The number of rotatable bonds is 1. The van der Waals surface area contributed by atoms with Crippen molar-refractivity contribution in [1.29, 1.82) is 0 Å². The first-order chi connectivity index (χ1) is 7.65. The lowest BCUT2D eigenvalue weighted by atomic mass is 10.2. The third-order valence-electron chi connectivity index (χ3n) is 2.49. The fourth-order valence-electron chi connectivity index (χ4n) is 1.57. The van der Waals surface area contributed by atoms with E-state index in [4.69, 9.17) is 10.5 Å². The molecule has 1 unspecified atom stereocenters. The molecule has 17 heavy (non-hydrogen) atoms. The number of hydrogen-bond acceptors (Lipinski definition) is 5. The number of carbonyl (C=O) groups is 1. The minimum absolute atomic E-state index is 0.0294. The molecule has 0 aromatic carbocycles. The Morgan fingerprint density at radius 3 is 2.53 bits per heavy atom. The van der Waals surface area contributed by atoms with Crippen LogP contribution in [0.2, 0.25) is 0 Å². The molecule has 1 saturated heterocycles. The van der Waals surface area contributed by atoms with Crippen LogP contribution in [0.3, 0.4) is 0 Å². The Balaban J connectivity index is 2.68. The molecule has 0 aliphatic carbocycles. The van der Waals surface area contributed by atoms with Gasteiger partial charge in [0.25, 0.3) is 0 Å². The van der Waals surface area contributed by atoms with E-state index in [0.717, 1.165) is 0 Å². The van der Waals surface area contributed by atoms with E-state index in [1.165, 1.54) is 4.90 Å². The van der Waals surface area contributed by atoms with Crippen LogP contribution in [0.25, 0.3) is 0 Å². The number of carbonyl (C=O) groups excluding carboxylic acids is 1. The highest BCUT2D eigenvalue weighted by Crippen LogP contribution is 2.15. The number of hydrogen-bond donors (Lipinski definition) is 1. The average Bonchev–Trinajstić information content (AvgIpc) is 2.14. The van der Waals surface area contributed by atoms with E-state index in [1.54, 1.807) is 20.8 Å². The first-order valence-corrected chi connectivity index (χ1v) is 7.27. The molecule has 2 N–H and O–H groups in total. The summed E-state index contributed by atoms with van der Waals surface area (Å²) >= 11 is 0. The molecule has 1 amide bonds. The third-order valence-corrected chi connectivity index (χ3v) is 4.60. The van der Waals surface area contributed by atoms with Crippen LogP contribution in [0, 0.1) is 0 Å². The largest absolute Gasteiger partial charge is 0.444 e. The monoisotopic (exact) mass is 264 g/mol. The second-order valence-electron chi connectivity index (χ2n) is 5.15. The standard InChI is InChI=1S/C10H20N2O4S/c1-10(2,3)16-9(13)12-4-5-17(14,15)8(6-11)7-12/h8H,4-7,11H2,1-3H3. The predicted octanol–water partition coefficient (Wildman–Crippen LogP) is -0.0208. The van der Waals surface area contributed by atoms with Crippen molar-refractivity contribution in [2.24, 2.45) is 5.73 Å². The molecule has 1 aliphatic rings. The number of sulfone groups is 1. The molecule has 6 nitrogen and oxygen atoms in total. The van der Waals surface area contributed by atoms with E-state index in [2.05, 4.69) is 0 Å². The minimum atomic E-state index is -3.16. The molecule has 1 atom stereocenters. The van der Waals surface area contributed by atoms with E-state index in [9.17, 15) is 13.2 Å². The van der Waals surface area contributed by atoms with E-state index >= 15 is 0 Å². The zero-order valence-corrected chi connectivity index (χ0v) is 11.3. The van der Waals surface area contributed by atoms with Gasteiger partial charge in [-0.15, -0.1) is 0 Å². The van der Waals surface area contributed by atoms with Crippen LogP contribution < -0.4 is 5.73 Å².